The van der Waals surface area contributed by atoms with Gasteiger partial charge < -0.3 is 15.3 Å². The van der Waals surface area contributed by atoms with E-state index < -0.39 is 5.82 Å². The number of thioether (sulfide) groups is 1. The van der Waals surface area contributed by atoms with Gasteiger partial charge in [0.25, 0.3) is 0 Å². The first-order valence-corrected chi connectivity index (χ1v) is 13.0. The minimum absolute atomic E-state index is 0.0512. The van der Waals surface area contributed by atoms with Crippen molar-refractivity contribution in [2.45, 2.75) is 67.8 Å². The lowest BCUT2D eigenvalue weighted by atomic mass is 9.98. The number of phenolic OH excluding ortho intramolecular Hbond substituents is 1. The van der Waals surface area contributed by atoms with Crippen molar-refractivity contribution in [2.75, 3.05) is 11.2 Å². The Balaban J connectivity index is 1.25. The van der Waals surface area contributed by atoms with Crippen LogP contribution in [0.15, 0.2) is 35.7 Å². The van der Waals surface area contributed by atoms with E-state index in [-0.39, 0.29) is 11.4 Å². The number of halogens is 1. The fourth-order valence-electron chi connectivity index (χ4n) is 5.31. The van der Waals surface area contributed by atoms with Gasteiger partial charge in [0, 0.05) is 29.7 Å². The first-order valence-electron chi connectivity index (χ1n) is 11.7. The summed E-state index contributed by atoms with van der Waals surface area (Å²) < 4.78 is 14.3. The molecule has 1 saturated carbocycles. The van der Waals surface area contributed by atoms with E-state index in [0.29, 0.717) is 46.3 Å². The van der Waals surface area contributed by atoms with E-state index in [1.807, 2.05) is 6.26 Å². The fourth-order valence-corrected chi connectivity index (χ4v) is 5.65. The first kappa shape index (κ1) is 21.7. The van der Waals surface area contributed by atoms with Crippen LogP contribution in [-0.4, -0.2) is 60.7 Å². The second kappa shape index (κ2) is 8.74. The molecule has 1 aliphatic carbocycles. The van der Waals surface area contributed by atoms with Crippen LogP contribution in [0, 0.1) is 5.82 Å². The highest BCUT2D eigenvalue weighted by atomic mass is 32.2. The van der Waals surface area contributed by atoms with Crippen LogP contribution < -0.4 is 10.2 Å². The highest BCUT2D eigenvalue weighted by Gasteiger charge is 2.41. The first-order chi connectivity index (χ1) is 16.6. The van der Waals surface area contributed by atoms with Gasteiger partial charge in [-0.2, -0.15) is 0 Å². The molecule has 3 atom stereocenters. The lowest BCUT2D eigenvalue weighted by Gasteiger charge is -2.38. The predicted octanol–water partition coefficient (Wildman–Crippen LogP) is 3.81. The van der Waals surface area contributed by atoms with Gasteiger partial charge in [-0.15, -0.1) is 10.2 Å². The number of phenols is 1. The molecule has 6 rings (SSSR count). The van der Waals surface area contributed by atoms with E-state index in [1.54, 1.807) is 18.3 Å². The summed E-state index contributed by atoms with van der Waals surface area (Å²) >= 11 is 1.33. The quantitative estimate of drug-likeness (QED) is 0.404. The van der Waals surface area contributed by atoms with Crippen molar-refractivity contribution in [3.05, 3.63) is 36.4 Å². The van der Waals surface area contributed by atoms with Gasteiger partial charge in [-0.1, -0.05) is 17.8 Å². The molecule has 0 spiro atoms. The zero-order valence-corrected chi connectivity index (χ0v) is 19.7. The molecule has 176 valence electrons. The van der Waals surface area contributed by atoms with Crippen molar-refractivity contribution in [2.24, 2.45) is 0 Å². The number of hydrogen-bond acceptors (Lipinski definition) is 9. The number of anilines is 1. The summed E-state index contributed by atoms with van der Waals surface area (Å²) in [6.45, 7) is 0. The fraction of sp³-hybridized carbons (Fsp3) is 0.458. The van der Waals surface area contributed by atoms with Crippen molar-refractivity contribution in [1.82, 2.24) is 30.5 Å². The van der Waals surface area contributed by atoms with Crippen LogP contribution >= 0.6 is 11.8 Å². The normalized spacial score (nSPS) is 23.8. The number of rotatable bonds is 6. The van der Waals surface area contributed by atoms with Crippen molar-refractivity contribution >= 4 is 17.6 Å². The molecule has 0 amide bonds. The third-order valence-corrected chi connectivity index (χ3v) is 7.57. The molecule has 2 N–H and O–H groups in total. The SMILES string of the molecule is CSc1ncc(F)c(-c2ccc(-c3ncc(N(C4CC4)C4C[C@H]5CC[C@@H](C4)N5)nn3)c(O)c2)n1. The molecule has 3 fully saturated rings. The van der Waals surface area contributed by atoms with Crippen LogP contribution in [-0.2, 0) is 0 Å². The van der Waals surface area contributed by atoms with Crippen molar-refractivity contribution in [3.63, 3.8) is 0 Å². The molecule has 34 heavy (non-hydrogen) atoms. The molecular formula is C24H26FN7OS. The molecule has 3 aromatic rings. The largest absolute Gasteiger partial charge is 0.507 e. The maximum Gasteiger partial charge on any atom is 0.187 e. The zero-order valence-electron chi connectivity index (χ0n) is 18.9. The number of nitrogens with one attached hydrogen (secondary N) is 1. The van der Waals surface area contributed by atoms with Crippen LogP contribution in [0.3, 0.4) is 0 Å². The van der Waals surface area contributed by atoms with E-state index >= 15 is 0 Å². The molecule has 2 saturated heterocycles. The average molecular weight is 480 g/mol. The summed E-state index contributed by atoms with van der Waals surface area (Å²) in [6.07, 6.45) is 11.9. The molecule has 0 radical (unpaired) electrons. The molecule has 8 nitrogen and oxygen atoms in total. The van der Waals surface area contributed by atoms with Crippen molar-refractivity contribution in [3.8, 4) is 28.4 Å². The zero-order chi connectivity index (χ0) is 23.2. The van der Waals surface area contributed by atoms with Crippen molar-refractivity contribution < 1.29 is 9.50 Å². The lowest BCUT2D eigenvalue weighted by molar-refractivity contribution is 0.343. The molecule has 3 aliphatic rings. The minimum atomic E-state index is -0.543. The Labute approximate surface area is 201 Å². The Morgan fingerprint density at radius 1 is 1.03 bits per heavy atom. The molecular weight excluding hydrogens is 453 g/mol. The summed E-state index contributed by atoms with van der Waals surface area (Å²) in [6, 6.07) is 7.04. The van der Waals surface area contributed by atoms with Gasteiger partial charge in [-0.25, -0.2) is 19.3 Å². The number of piperidine rings is 1. The third kappa shape index (κ3) is 4.09. The minimum Gasteiger partial charge on any atom is -0.507 e. The van der Waals surface area contributed by atoms with E-state index in [4.69, 9.17) is 0 Å². The molecule has 10 heteroatoms. The maximum atomic E-state index is 14.3. The van der Waals surface area contributed by atoms with Crippen LogP contribution in [0.5, 0.6) is 5.75 Å². The van der Waals surface area contributed by atoms with Gasteiger partial charge in [0.2, 0.25) is 0 Å². The third-order valence-electron chi connectivity index (χ3n) is 7.01. The van der Waals surface area contributed by atoms with Crippen LogP contribution in [0.25, 0.3) is 22.6 Å². The van der Waals surface area contributed by atoms with Gasteiger partial charge >= 0.3 is 0 Å². The molecule has 2 aromatic heterocycles. The number of nitrogens with zero attached hydrogens (tertiary/aromatic N) is 6. The van der Waals surface area contributed by atoms with E-state index in [1.165, 1.54) is 43.5 Å². The Kier molecular flexibility index (Phi) is 5.57. The second-order valence-electron chi connectivity index (χ2n) is 9.33. The van der Waals surface area contributed by atoms with Crippen LogP contribution in [0.1, 0.15) is 38.5 Å². The number of benzene rings is 1. The summed E-state index contributed by atoms with van der Waals surface area (Å²) in [4.78, 5) is 15.1. The lowest BCUT2D eigenvalue weighted by Crippen LogP contribution is -2.49. The highest BCUT2D eigenvalue weighted by Crippen LogP contribution is 2.39. The Hall–Kier alpha value is -2.85. The monoisotopic (exact) mass is 479 g/mol. The molecule has 1 aromatic carbocycles. The topological polar surface area (TPSA) is 100.0 Å². The molecule has 2 aliphatic heterocycles. The molecule has 4 heterocycles. The van der Waals surface area contributed by atoms with E-state index in [9.17, 15) is 9.50 Å². The van der Waals surface area contributed by atoms with Crippen LogP contribution in [0.4, 0.5) is 10.2 Å². The molecule has 2 bridgehead atoms. The smallest absolute Gasteiger partial charge is 0.187 e. The van der Waals surface area contributed by atoms with Gasteiger partial charge in [-0.3, -0.25) is 0 Å². The van der Waals surface area contributed by atoms with Gasteiger partial charge in [0.1, 0.15) is 11.4 Å². The van der Waals surface area contributed by atoms with Gasteiger partial charge in [0.05, 0.1) is 18.0 Å². The Bertz CT molecular complexity index is 1190. The average Bonchev–Trinajstić information content (AvgIpc) is 3.63. The number of fused-ring (bicyclic) bond motifs is 2. The van der Waals surface area contributed by atoms with Crippen LogP contribution in [0.2, 0.25) is 0 Å². The summed E-state index contributed by atoms with van der Waals surface area (Å²) in [5, 5.41) is 23.7. The number of aromatic nitrogens is 5. The van der Waals surface area contributed by atoms with Gasteiger partial charge in [-0.05, 0) is 56.9 Å². The predicted molar refractivity (Wildman–Crippen MR) is 128 cm³/mol. The highest BCUT2D eigenvalue weighted by molar-refractivity contribution is 7.98. The summed E-state index contributed by atoms with van der Waals surface area (Å²) in [7, 11) is 0. The van der Waals surface area contributed by atoms with Crippen molar-refractivity contribution in [1.29, 1.82) is 0 Å². The summed E-state index contributed by atoms with van der Waals surface area (Å²) in [5.74, 6) is 0.548. The Morgan fingerprint density at radius 2 is 1.82 bits per heavy atom. The number of hydrogen-bond donors (Lipinski definition) is 2. The number of aromatic hydroxyl groups is 1. The Morgan fingerprint density at radius 3 is 2.47 bits per heavy atom. The maximum absolute atomic E-state index is 14.3. The second-order valence-corrected chi connectivity index (χ2v) is 10.1. The van der Waals surface area contributed by atoms with E-state index in [0.717, 1.165) is 24.9 Å². The molecule has 1 unspecified atom stereocenters. The summed E-state index contributed by atoms with van der Waals surface area (Å²) in [5.41, 5.74) is 1.05. The van der Waals surface area contributed by atoms with E-state index in [2.05, 4.69) is 35.4 Å². The van der Waals surface area contributed by atoms with Gasteiger partial charge in [0.15, 0.2) is 22.6 Å². The standard InChI is InChI=1S/C24H26FN7OS/c1-34-24-27-11-19(25)22(29-24)13-2-7-18(20(33)8-13)23-26-12-21(30-31-23)32(16-5-6-16)17-9-14-3-4-15(10-17)28-14/h2,7-8,11-12,14-17,28,33H,3-6,9-10H2,1H3/t14-,15+,17?.